The molecule has 4 nitrogen and oxygen atoms in total. The number of aromatic nitrogens is 2. The van der Waals surface area contributed by atoms with E-state index in [1.807, 2.05) is 17.8 Å². The summed E-state index contributed by atoms with van der Waals surface area (Å²) < 4.78 is 2.73. The summed E-state index contributed by atoms with van der Waals surface area (Å²) in [5, 5.41) is 4.32. The monoisotopic (exact) mass is 293 g/mol. The summed E-state index contributed by atoms with van der Waals surface area (Å²) >= 11 is 8.86. The van der Waals surface area contributed by atoms with E-state index in [-0.39, 0.29) is 11.8 Å². The van der Waals surface area contributed by atoms with E-state index in [0.29, 0.717) is 6.54 Å². The van der Waals surface area contributed by atoms with Gasteiger partial charge in [-0.3, -0.25) is 9.48 Å². The summed E-state index contributed by atoms with van der Waals surface area (Å²) in [6.07, 6.45) is 1.90. The number of alkyl halides is 1. The average molecular weight is 295 g/mol. The lowest BCUT2D eigenvalue weighted by atomic mass is 10.4. The normalized spacial score (nSPS) is 10.4. The predicted molar refractivity (Wildman–Crippen MR) is 62.8 cm³/mol. The first-order valence-electron chi connectivity index (χ1n) is 4.60. The van der Waals surface area contributed by atoms with Crippen LogP contribution in [0.1, 0.15) is 12.6 Å². The minimum absolute atomic E-state index is 0.00258. The van der Waals surface area contributed by atoms with Crippen molar-refractivity contribution in [3.63, 3.8) is 0 Å². The van der Waals surface area contributed by atoms with Gasteiger partial charge in [0.05, 0.1) is 16.7 Å². The Hall–Kier alpha value is -0.550. The van der Waals surface area contributed by atoms with Gasteiger partial charge in [-0.1, -0.05) is 0 Å². The van der Waals surface area contributed by atoms with Gasteiger partial charge in [-0.15, -0.1) is 11.6 Å². The van der Waals surface area contributed by atoms with Crippen molar-refractivity contribution in [2.45, 2.75) is 20.0 Å². The zero-order valence-corrected chi connectivity index (χ0v) is 11.0. The second kappa shape index (κ2) is 5.51. The van der Waals surface area contributed by atoms with E-state index in [1.54, 1.807) is 11.9 Å². The number of nitrogens with zero attached hydrogens (tertiary/aromatic N) is 3. The van der Waals surface area contributed by atoms with E-state index in [4.69, 9.17) is 11.6 Å². The third-order valence-electron chi connectivity index (χ3n) is 2.04. The minimum atomic E-state index is -0.102. The third-order valence-corrected chi connectivity index (χ3v) is 2.93. The molecule has 6 heteroatoms. The van der Waals surface area contributed by atoms with Gasteiger partial charge < -0.3 is 4.90 Å². The van der Waals surface area contributed by atoms with E-state index in [1.165, 1.54) is 0 Å². The van der Waals surface area contributed by atoms with Crippen LogP contribution in [0.2, 0.25) is 0 Å². The number of aryl methyl sites for hydroxylation is 1. The number of amides is 1. The number of hydrogen-bond acceptors (Lipinski definition) is 2. The molecular weight excluding hydrogens is 281 g/mol. The van der Waals surface area contributed by atoms with Gasteiger partial charge in [0.2, 0.25) is 5.91 Å². The molecular formula is C9H13BrClN3O. The van der Waals surface area contributed by atoms with Crippen molar-refractivity contribution >= 4 is 33.4 Å². The molecule has 0 spiro atoms. The molecule has 0 saturated carbocycles. The van der Waals surface area contributed by atoms with Crippen LogP contribution in [0, 0.1) is 0 Å². The fourth-order valence-electron chi connectivity index (χ4n) is 1.12. The maximum atomic E-state index is 11.2. The Bertz CT molecular complexity index is 353. The van der Waals surface area contributed by atoms with Crippen LogP contribution in [0.25, 0.3) is 0 Å². The molecule has 1 aromatic rings. The summed E-state index contributed by atoms with van der Waals surface area (Å²) in [6.45, 7) is 3.29. The number of hydrogen-bond donors (Lipinski definition) is 0. The summed E-state index contributed by atoms with van der Waals surface area (Å²) in [5.74, 6) is -0.0996. The zero-order chi connectivity index (χ0) is 11.4. The van der Waals surface area contributed by atoms with Gasteiger partial charge in [-0.25, -0.2) is 0 Å². The lowest BCUT2D eigenvalue weighted by molar-refractivity contribution is -0.127. The highest BCUT2D eigenvalue weighted by atomic mass is 79.9. The van der Waals surface area contributed by atoms with Crippen LogP contribution in [0.3, 0.4) is 0 Å². The van der Waals surface area contributed by atoms with Gasteiger partial charge in [0.1, 0.15) is 5.88 Å². The van der Waals surface area contributed by atoms with Crippen LogP contribution in [-0.2, 0) is 17.9 Å². The van der Waals surface area contributed by atoms with Crippen molar-refractivity contribution in [3.8, 4) is 0 Å². The average Bonchev–Trinajstić information content (AvgIpc) is 2.58. The Morgan fingerprint density at radius 3 is 2.87 bits per heavy atom. The highest BCUT2D eigenvalue weighted by molar-refractivity contribution is 9.10. The molecule has 0 aromatic carbocycles. The molecule has 0 aliphatic heterocycles. The molecule has 84 valence electrons. The van der Waals surface area contributed by atoms with Crippen molar-refractivity contribution in [2.24, 2.45) is 0 Å². The Balaban J connectivity index is 2.71. The molecule has 15 heavy (non-hydrogen) atoms. The van der Waals surface area contributed by atoms with Crippen molar-refractivity contribution in [1.29, 1.82) is 0 Å². The van der Waals surface area contributed by atoms with Crippen molar-refractivity contribution < 1.29 is 4.79 Å². The van der Waals surface area contributed by atoms with Crippen LogP contribution in [0.5, 0.6) is 0 Å². The SMILES string of the molecule is CCn1cc(Br)c(CN(C)C(=O)CCl)n1. The van der Waals surface area contributed by atoms with Crippen LogP contribution in [-0.4, -0.2) is 33.5 Å². The van der Waals surface area contributed by atoms with Crippen molar-refractivity contribution in [2.75, 3.05) is 12.9 Å². The maximum absolute atomic E-state index is 11.2. The molecule has 0 unspecified atom stereocenters. The molecule has 1 aromatic heterocycles. The van der Waals surface area contributed by atoms with E-state index >= 15 is 0 Å². The Morgan fingerprint density at radius 2 is 2.40 bits per heavy atom. The van der Waals surface area contributed by atoms with Crippen LogP contribution >= 0.6 is 27.5 Å². The summed E-state index contributed by atoms with van der Waals surface area (Å²) in [4.78, 5) is 12.8. The van der Waals surface area contributed by atoms with E-state index in [9.17, 15) is 4.79 Å². The summed E-state index contributed by atoms with van der Waals surface area (Å²) in [5.41, 5.74) is 0.845. The van der Waals surface area contributed by atoms with Crippen LogP contribution in [0.4, 0.5) is 0 Å². The highest BCUT2D eigenvalue weighted by Gasteiger charge is 2.12. The van der Waals surface area contributed by atoms with E-state index < -0.39 is 0 Å². The Kier molecular flexibility index (Phi) is 4.60. The number of rotatable bonds is 4. The standard InChI is InChI=1S/C9H13BrClN3O/c1-3-14-5-7(10)8(12-14)6-13(2)9(15)4-11/h5H,3-4,6H2,1-2H3. The van der Waals surface area contributed by atoms with Gasteiger partial charge in [0.15, 0.2) is 0 Å². The fourth-order valence-corrected chi connectivity index (χ4v) is 1.77. The Labute approximate surface area is 102 Å². The molecule has 1 rings (SSSR count). The molecule has 0 aliphatic carbocycles. The molecule has 0 atom stereocenters. The van der Waals surface area contributed by atoms with E-state index in [2.05, 4.69) is 21.0 Å². The topological polar surface area (TPSA) is 38.1 Å². The Morgan fingerprint density at radius 1 is 1.73 bits per heavy atom. The molecule has 0 bridgehead atoms. The smallest absolute Gasteiger partial charge is 0.237 e. The highest BCUT2D eigenvalue weighted by Crippen LogP contribution is 2.16. The fraction of sp³-hybridized carbons (Fsp3) is 0.556. The number of halogens is 2. The molecule has 0 aliphatic rings. The van der Waals surface area contributed by atoms with Gasteiger partial charge in [0, 0.05) is 19.8 Å². The van der Waals surface area contributed by atoms with Crippen LogP contribution in [0.15, 0.2) is 10.7 Å². The number of carbonyl (C=O) groups excluding carboxylic acids is 1. The molecule has 1 amide bonds. The summed E-state index contributed by atoms with van der Waals surface area (Å²) in [6, 6.07) is 0. The second-order valence-electron chi connectivity index (χ2n) is 3.16. The molecule has 0 fully saturated rings. The first kappa shape index (κ1) is 12.5. The third kappa shape index (κ3) is 3.21. The first-order valence-corrected chi connectivity index (χ1v) is 5.93. The second-order valence-corrected chi connectivity index (χ2v) is 4.28. The van der Waals surface area contributed by atoms with Gasteiger partial charge in [-0.2, -0.15) is 5.10 Å². The van der Waals surface area contributed by atoms with E-state index in [0.717, 1.165) is 16.7 Å². The first-order chi connectivity index (χ1) is 7.08. The predicted octanol–water partition coefficient (Wildman–Crippen LogP) is 1.86. The van der Waals surface area contributed by atoms with Gasteiger partial charge in [-0.05, 0) is 22.9 Å². The lowest BCUT2D eigenvalue weighted by Crippen LogP contribution is -2.27. The number of carbonyl (C=O) groups is 1. The van der Waals surface area contributed by atoms with Gasteiger partial charge in [0.25, 0.3) is 0 Å². The van der Waals surface area contributed by atoms with Crippen molar-refractivity contribution in [1.82, 2.24) is 14.7 Å². The van der Waals surface area contributed by atoms with Crippen LogP contribution < -0.4 is 0 Å². The summed E-state index contributed by atoms with van der Waals surface area (Å²) in [7, 11) is 1.71. The minimum Gasteiger partial charge on any atom is -0.339 e. The van der Waals surface area contributed by atoms with Crippen molar-refractivity contribution in [3.05, 3.63) is 16.4 Å². The molecule has 0 radical (unpaired) electrons. The molecule has 0 saturated heterocycles. The lowest BCUT2D eigenvalue weighted by Gasteiger charge is -2.14. The van der Waals surface area contributed by atoms with Gasteiger partial charge >= 0.3 is 0 Å². The maximum Gasteiger partial charge on any atom is 0.237 e. The quantitative estimate of drug-likeness (QED) is 0.795. The molecule has 1 heterocycles. The molecule has 0 N–H and O–H groups in total. The largest absolute Gasteiger partial charge is 0.339 e. The zero-order valence-electron chi connectivity index (χ0n) is 8.70.